The Kier molecular flexibility index (Phi) is 4.95. The number of halogens is 1. The summed E-state index contributed by atoms with van der Waals surface area (Å²) in [6, 6.07) is 1.53. The molecule has 0 saturated carbocycles. The number of hydrogen-bond acceptors (Lipinski definition) is 4. The molecule has 1 N–H and O–H groups in total. The topological polar surface area (TPSA) is 58.4 Å². The number of rotatable bonds is 5. The van der Waals surface area contributed by atoms with Gasteiger partial charge >= 0.3 is 0 Å². The summed E-state index contributed by atoms with van der Waals surface area (Å²) in [5.41, 5.74) is 0.592. The molecular weight excluding hydrogens is 274 g/mol. The minimum Gasteiger partial charge on any atom is -0.390 e. The summed E-state index contributed by atoms with van der Waals surface area (Å²) in [6.07, 6.45) is 1.03. The summed E-state index contributed by atoms with van der Waals surface area (Å²) in [6.45, 7) is 3.02. The van der Waals surface area contributed by atoms with Gasteiger partial charge in [-0.05, 0) is 6.92 Å². The van der Waals surface area contributed by atoms with Crippen molar-refractivity contribution in [2.24, 2.45) is 0 Å². The molecule has 1 aromatic rings. The summed E-state index contributed by atoms with van der Waals surface area (Å²) in [5.74, 6) is 0. The van der Waals surface area contributed by atoms with Crippen LogP contribution in [0.15, 0.2) is 17.1 Å². The molecule has 0 saturated heterocycles. The van der Waals surface area contributed by atoms with E-state index in [-0.39, 0.29) is 12.1 Å². The van der Waals surface area contributed by atoms with Crippen molar-refractivity contribution in [2.75, 3.05) is 23.8 Å². The van der Waals surface area contributed by atoms with Crippen molar-refractivity contribution in [3.63, 3.8) is 0 Å². The quantitative estimate of drug-likeness (QED) is 0.800. The summed E-state index contributed by atoms with van der Waals surface area (Å²) in [4.78, 5) is 13.6. The van der Waals surface area contributed by atoms with Crippen molar-refractivity contribution >= 4 is 21.6 Å². The summed E-state index contributed by atoms with van der Waals surface area (Å²) in [7, 11) is 1.90. The van der Waals surface area contributed by atoms with Crippen LogP contribution in [0.4, 0.5) is 5.69 Å². The van der Waals surface area contributed by atoms with Gasteiger partial charge in [-0.2, -0.15) is 5.10 Å². The van der Waals surface area contributed by atoms with Gasteiger partial charge in [-0.1, -0.05) is 15.9 Å². The fraction of sp³-hybridized carbons (Fsp3) is 0.600. The molecule has 6 heteroatoms. The SMILES string of the molecule is CCN(C)c1cnn(CC(O)CBr)c(=O)c1. The molecule has 1 atom stereocenters. The van der Waals surface area contributed by atoms with Crippen molar-refractivity contribution in [3.8, 4) is 0 Å². The highest BCUT2D eigenvalue weighted by molar-refractivity contribution is 9.09. The first-order chi connectivity index (χ1) is 7.58. The number of aromatic nitrogens is 2. The lowest BCUT2D eigenvalue weighted by atomic mass is 10.4. The van der Waals surface area contributed by atoms with Gasteiger partial charge in [0.2, 0.25) is 0 Å². The van der Waals surface area contributed by atoms with E-state index < -0.39 is 6.10 Å². The van der Waals surface area contributed by atoms with Gasteiger partial charge in [0.15, 0.2) is 0 Å². The minimum atomic E-state index is -0.597. The number of aliphatic hydroxyl groups excluding tert-OH is 1. The predicted octanol–water partition coefficient (Wildman–Crippen LogP) is 0.455. The standard InChI is InChI=1S/C10H16BrN3O2/c1-3-13(2)8-4-10(16)14(12-6-8)7-9(15)5-11/h4,6,9,15H,3,5,7H2,1-2H3. The van der Waals surface area contributed by atoms with Gasteiger partial charge < -0.3 is 10.0 Å². The Balaban J connectivity index is 2.87. The fourth-order valence-corrected chi connectivity index (χ4v) is 1.41. The second-order valence-electron chi connectivity index (χ2n) is 3.56. The van der Waals surface area contributed by atoms with E-state index in [1.54, 1.807) is 6.20 Å². The van der Waals surface area contributed by atoms with E-state index in [1.807, 2.05) is 18.9 Å². The number of hydrogen-bond donors (Lipinski definition) is 1. The monoisotopic (exact) mass is 289 g/mol. The van der Waals surface area contributed by atoms with Crippen molar-refractivity contribution < 1.29 is 5.11 Å². The zero-order chi connectivity index (χ0) is 12.1. The first kappa shape index (κ1) is 13.2. The zero-order valence-electron chi connectivity index (χ0n) is 9.43. The van der Waals surface area contributed by atoms with E-state index >= 15 is 0 Å². The van der Waals surface area contributed by atoms with Crippen LogP contribution in [0, 0.1) is 0 Å². The lowest BCUT2D eigenvalue weighted by molar-refractivity contribution is 0.172. The minimum absolute atomic E-state index is 0.196. The van der Waals surface area contributed by atoms with Crippen LogP contribution in [0.1, 0.15) is 6.92 Å². The van der Waals surface area contributed by atoms with Crippen LogP contribution in [-0.2, 0) is 6.54 Å². The maximum Gasteiger partial charge on any atom is 0.268 e. The molecular formula is C10H16BrN3O2. The number of alkyl halides is 1. The highest BCUT2D eigenvalue weighted by Crippen LogP contribution is 2.05. The van der Waals surface area contributed by atoms with Crippen LogP contribution in [0.25, 0.3) is 0 Å². The zero-order valence-corrected chi connectivity index (χ0v) is 11.0. The smallest absolute Gasteiger partial charge is 0.268 e. The Morgan fingerprint density at radius 1 is 1.69 bits per heavy atom. The van der Waals surface area contributed by atoms with Crippen LogP contribution in [0.5, 0.6) is 0 Å². The fourth-order valence-electron chi connectivity index (χ4n) is 1.20. The van der Waals surface area contributed by atoms with E-state index in [1.165, 1.54) is 10.7 Å². The Bertz CT molecular complexity index is 394. The molecule has 0 fully saturated rings. The highest BCUT2D eigenvalue weighted by atomic mass is 79.9. The Morgan fingerprint density at radius 2 is 2.38 bits per heavy atom. The number of nitrogens with zero attached hydrogens (tertiary/aromatic N) is 3. The largest absolute Gasteiger partial charge is 0.390 e. The van der Waals surface area contributed by atoms with E-state index in [9.17, 15) is 9.90 Å². The van der Waals surface area contributed by atoms with Crippen molar-refractivity contribution in [1.82, 2.24) is 9.78 Å². The third-order valence-electron chi connectivity index (χ3n) is 2.33. The summed E-state index contributed by atoms with van der Waals surface area (Å²) >= 11 is 3.14. The third-order valence-corrected chi connectivity index (χ3v) is 3.08. The van der Waals surface area contributed by atoms with Gasteiger partial charge in [-0.15, -0.1) is 0 Å². The molecule has 1 heterocycles. The molecule has 0 spiro atoms. The van der Waals surface area contributed by atoms with Crippen LogP contribution in [0.2, 0.25) is 0 Å². The van der Waals surface area contributed by atoms with E-state index in [2.05, 4.69) is 21.0 Å². The molecule has 0 amide bonds. The lowest BCUT2D eigenvalue weighted by Gasteiger charge is -2.16. The van der Waals surface area contributed by atoms with Crippen molar-refractivity contribution in [3.05, 3.63) is 22.6 Å². The lowest BCUT2D eigenvalue weighted by Crippen LogP contribution is -2.30. The van der Waals surface area contributed by atoms with Crippen molar-refractivity contribution in [2.45, 2.75) is 19.6 Å². The highest BCUT2D eigenvalue weighted by Gasteiger charge is 2.07. The molecule has 90 valence electrons. The summed E-state index contributed by atoms with van der Waals surface area (Å²) < 4.78 is 1.26. The molecule has 1 unspecified atom stereocenters. The first-order valence-corrected chi connectivity index (χ1v) is 6.23. The second-order valence-corrected chi connectivity index (χ2v) is 4.20. The molecule has 0 radical (unpaired) electrons. The van der Waals surface area contributed by atoms with Crippen LogP contribution in [0.3, 0.4) is 0 Å². The van der Waals surface area contributed by atoms with E-state index in [0.29, 0.717) is 5.33 Å². The van der Waals surface area contributed by atoms with Gasteiger partial charge in [0.05, 0.1) is 24.5 Å². The van der Waals surface area contributed by atoms with Crippen LogP contribution < -0.4 is 10.5 Å². The molecule has 1 aromatic heterocycles. The predicted molar refractivity (Wildman–Crippen MR) is 67.2 cm³/mol. The maximum atomic E-state index is 11.7. The number of aliphatic hydroxyl groups is 1. The van der Waals surface area contributed by atoms with E-state index in [4.69, 9.17) is 0 Å². The van der Waals surface area contributed by atoms with Gasteiger partial charge in [0, 0.05) is 25.0 Å². The van der Waals surface area contributed by atoms with Gasteiger partial charge in [-0.25, -0.2) is 4.68 Å². The molecule has 0 aliphatic rings. The van der Waals surface area contributed by atoms with Gasteiger partial charge in [-0.3, -0.25) is 4.79 Å². The summed E-state index contributed by atoms with van der Waals surface area (Å²) in [5, 5.41) is 13.8. The molecule has 0 aromatic carbocycles. The second kappa shape index (κ2) is 6.00. The molecule has 16 heavy (non-hydrogen) atoms. The molecule has 1 rings (SSSR count). The normalized spacial score (nSPS) is 12.5. The first-order valence-electron chi connectivity index (χ1n) is 5.10. The molecule has 5 nitrogen and oxygen atoms in total. The Labute approximate surface area is 103 Å². The average Bonchev–Trinajstić information content (AvgIpc) is 2.30. The van der Waals surface area contributed by atoms with Gasteiger partial charge in [0.25, 0.3) is 5.56 Å². The third kappa shape index (κ3) is 3.31. The Hall–Kier alpha value is -0.880. The van der Waals surface area contributed by atoms with Crippen LogP contribution in [-0.4, -0.2) is 39.9 Å². The van der Waals surface area contributed by atoms with Gasteiger partial charge in [0.1, 0.15) is 0 Å². The molecule has 0 aliphatic carbocycles. The van der Waals surface area contributed by atoms with Crippen molar-refractivity contribution in [1.29, 1.82) is 0 Å². The average molecular weight is 290 g/mol. The van der Waals surface area contributed by atoms with Crippen LogP contribution >= 0.6 is 15.9 Å². The maximum absolute atomic E-state index is 11.7. The number of anilines is 1. The van der Waals surface area contributed by atoms with E-state index in [0.717, 1.165) is 12.2 Å². The molecule has 0 bridgehead atoms. The molecule has 0 aliphatic heterocycles. The Morgan fingerprint density at radius 3 is 2.88 bits per heavy atom.